The van der Waals surface area contributed by atoms with Gasteiger partial charge < -0.3 is 15.0 Å². The van der Waals surface area contributed by atoms with Crippen LogP contribution in [0.25, 0.3) is 6.08 Å². The van der Waals surface area contributed by atoms with Crippen LogP contribution in [0.5, 0.6) is 0 Å². The highest BCUT2D eigenvalue weighted by Crippen LogP contribution is 2.48. The zero-order chi connectivity index (χ0) is 29.9. The van der Waals surface area contributed by atoms with Crippen LogP contribution in [0, 0.1) is 6.92 Å². The Morgan fingerprint density at radius 1 is 1.00 bits per heavy atom. The topological polar surface area (TPSA) is 76.5 Å². The predicted molar refractivity (Wildman–Crippen MR) is 139 cm³/mol. The van der Waals surface area contributed by atoms with Gasteiger partial charge >= 0.3 is 12.4 Å². The van der Waals surface area contributed by atoms with Crippen LogP contribution >= 0.6 is 11.8 Å². The van der Waals surface area contributed by atoms with Gasteiger partial charge in [0, 0.05) is 47.4 Å². The van der Waals surface area contributed by atoms with Crippen molar-refractivity contribution >= 4 is 35.3 Å². The quantitative estimate of drug-likeness (QED) is 0.277. The lowest BCUT2D eigenvalue weighted by molar-refractivity contribution is -0.163. The first kappa shape index (κ1) is 30.2. The fourth-order valence-corrected chi connectivity index (χ4v) is 5.13. The molecule has 2 heterocycles. The van der Waals surface area contributed by atoms with E-state index in [0.717, 1.165) is 30.0 Å². The first-order valence-electron chi connectivity index (χ1n) is 12.2. The molecule has 0 unspecified atom stereocenters. The number of aryl methyl sites for hydroxylation is 2. The molecule has 0 saturated carbocycles. The number of carbonyl (C=O) groups is 2. The van der Waals surface area contributed by atoms with Gasteiger partial charge in [0.15, 0.2) is 5.69 Å². The molecule has 1 aromatic heterocycles. The molecule has 0 radical (unpaired) electrons. The van der Waals surface area contributed by atoms with Gasteiger partial charge in [0.25, 0.3) is 5.91 Å². The average molecular weight is 599 g/mol. The number of carbonyl (C=O) groups excluding carboxylic acids is 2. The molecule has 14 heteroatoms. The normalized spacial score (nSPS) is 14.5. The van der Waals surface area contributed by atoms with Crippen molar-refractivity contribution < 1.29 is 40.7 Å². The molecular weight excluding hydrogens is 574 g/mol. The van der Waals surface area contributed by atoms with E-state index in [1.54, 1.807) is 20.0 Å². The molecule has 41 heavy (non-hydrogen) atoms. The van der Waals surface area contributed by atoms with Gasteiger partial charge in [-0.2, -0.15) is 31.4 Å². The SMILES string of the molecule is Cc1cc(C(=O)Nc2cccc(Sc3ccc(C=CC(=O)N4CCOCC4)c(C(F)(F)F)c3C(F)(F)F)c2)nn1C. The summed E-state index contributed by atoms with van der Waals surface area (Å²) in [6.07, 6.45) is -9.16. The van der Waals surface area contributed by atoms with Gasteiger partial charge in [0.1, 0.15) is 0 Å². The van der Waals surface area contributed by atoms with Crippen molar-refractivity contribution in [1.29, 1.82) is 0 Å². The van der Waals surface area contributed by atoms with E-state index in [2.05, 4.69) is 10.4 Å². The Morgan fingerprint density at radius 2 is 1.68 bits per heavy atom. The number of hydrogen-bond donors (Lipinski definition) is 1. The number of morpholine rings is 1. The summed E-state index contributed by atoms with van der Waals surface area (Å²) >= 11 is 0.467. The number of nitrogens with one attached hydrogen (secondary N) is 1. The Hall–Kier alpha value is -3.78. The summed E-state index contributed by atoms with van der Waals surface area (Å²) in [5, 5.41) is 6.65. The molecule has 0 atom stereocenters. The Morgan fingerprint density at radius 3 is 2.29 bits per heavy atom. The fourth-order valence-electron chi connectivity index (χ4n) is 4.09. The number of hydrogen-bond acceptors (Lipinski definition) is 5. The fraction of sp³-hybridized carbons (Fsp3) is 0.296. The maximum absolute atomic E-state index is 14.2. The Balaban J connectivity index is 1.66. The summed E-state index contributed by atoms with van der Waals surface area (Å²) in [6, 6.07) is 9.08. The molecule has 1 N–H and O–H groups in total. The van der Waals surface area contributed by atoms with Crippen LogP contribution < -0.4 is 5.32 Å². The number of ether oxygens (including phenoxy) is 1. The minimum Gasteiger partial charge on any atom is -0.378 e. The maximum Gasteiger partial charge on any atom is 0.418 e. The van der Waals surface area contributed by atoms with E-state index in [4.69, 9.17) is 4.74 Å². The zero-order valence-electron chi connectivity index (χ0n) is 21.8. The highest BCUT2D eigenvalue weighted by molar-refractivity contribution is 7.99. The minimum absolute atomic E-state index is 0.118. The standard InChI is InChI=1S/C27H24F6N4O3S/c1-16-14-20(35-36(16)2)25(39)34-18-4-3-5-19(15-18)41-21-8-6-17(7-9-22(38)37-10-12-40-13-11-37)23(26(28,29)30)24(21)27(31,32)33/h3-9,14-15H,10-13H2,1-2H3,(H,34,39). The van der Waals surface area contributed by atoms with Gasteiger partial charge in [-0.1, -0.05) is 23.9 Å². The third kappa shape index (κ3) is 7.30. The van der Waals surface area contributed by atoms with Gasteiger partial charge in [-0.05, 0) is 48.9 Å². The summed E-state index contributed by atoms with van der Waals surface area (Å²) in [4.78, 5) is 25.7. The van der Waals surface area contributed by atoms with Crippen LogP contribution in [-0.4, -0.2) is 52.8 Å². The summed E-state index contributed by atoms with van der Waals surface area (Å²) in [6.45, 7) is 2.70. The molecule has 0 aliphatic carbocycles. The van der Waals surface area contributed by atoms with Gasteiger partial charge in [-0.3, -0.25) is 14.3 Å². The second-order valence-electron chi connectivity index (χ2n) is 9.05. The first-order chi connectivity index (χ1) is 19.2. The number of benzene rings is 2. The Kier molecular flexibility index (Phi) is 8.83. The molecule has 7 nitrogen and oxygen atoms in total. The van der Waals surface area contributed by atoms with E-state index < -0.39 is 45.8 Å². The van der Waals surface area contributed by atoms with Gasteiger partial charge in [-0.25, -0.2) is 0 Å². The first-order valence-corrected chi connectivity index (χ1v) is 13.0. The second-order valence-corrected chi connectivity index (χ2v) is 10.2. The number of halogens is 6. The Bertz CT molecular complexity index is 1460. The van der Waals surface area contributed by atoms with Crippen molar-refractivity contribution in [2.45, 2.75) is 29.1 Å². The van der Waals surface area contributed by atoms with E-state index >= 15 is 0 Å². The van der Waals surface area contributed by atoms with Crippen LogP contribution in [-0.2, 0) is 28.9 Å². The lowest BCUT2D eigenvalue weighted by Gasteiger charge is -2.25. The molecule has 1 saturated heterocycles. The van der Waals surface area contributed by atoms with E-state index in [0.29, 0.717) is 11.8 Å². The smallest absolute Gasteiger partial charge is 0.378 e. The van der Waals surface area contributed by atoms with Crippen LogP contribution in [0.15, 0.2) is 58.3 Å². The van der Waals surface area contributed by atoms with Gasteiger partial charge in [0.2, 0.25) is 5.91 Å². The van der Waals surface area contributed by atoms with E-state index in [1.165, 1.54) is 33.8 Å². The molecule has 2 amide bonds. The molecular formula is C27H24F6N4O3S. The minimum atomic E-state index is -5.38. The molecule has 4 rings (SSSR count). The van der Waals surface area contributed by atoms with Crippen LogP contribution in [0.2, 0.25) is 0 Å². The van der Waals surface area contributed by atoms with E-state index in [9.17, 15) is 35.9 Å². The molecule has 1 aliphatic rings. The van der Waals surface area contributed by atoms with E-state index in [1.807, 2.05) is 0 Å². The van der Waals surface area contributed by atoms with Crippen LogP contribution in [0.3, 0.4) is 0 Å². The highest BCUT2D eigenvalue weighted by Gasteiger charge is 2.46. The highest BCUT2D eigenvalue weighted by atomic mass is 32.2. The summed E-state index contributed by atoms with van der Waals surface area (Å²) in [5.41, 5.74) is -3.49. The average Bonchev–Trinajstić information content (AvgIpc) is 3.25. The summed E-state index contributed by atoms with van der Waals surface area (Å²) in [7, 11) is 1.65. The molecule has 0 spiro atoms. The largest absolute Gasteiger partial charge is 0.418 e. The lowest BCUT2D eigenvalue weighted by Crippen LogP contribution is -2.39. The van der Waals surface area contributed by atoms with E-state index in [-0.39, 0.29) is 42.6 Å². The number of aromatic nitrogens is 2. The number of nitrogens with zero attached hydrogens (tertiary/aromatic N) is 3. The Labute approximate surface area is 235 Å². The lowest BCUT2D eigenvalue weighted by atomic mass is 9.99. The van der Waals surface area contributed by atoms with Gasteiger partial charge in [0.05, 0.1) is 24.3 Å². The van der Waals surface area contributed by atoms with Crippen LogP contribution in [0.4, 0.5) is 32.0 Å². The molecule has 3 aromatic rings. The van der Waals surface area contributed by atoms with Crippen molar-refractivity contribution in [2.75, 3.05) is 31.6 Å². The van der Waals surface area contributed by atoms with Crippen molar-refractivity contribution in [3.63, 3.8) is 0 Å². The molecule has 2 aromatic carbocycles. The van der Waals surface area contributed by atoms with Crippen molar-refractivity contribution in [3.05, 3.63) is 76.6 Å². The monoisotopic (exact) mass is 598 g/mol. The molecule has 0 bridgehead atoms. The molecule has 1 fully saturated rings. The third-order valence-corrected chi connectivity index (χ3v) is 7.21. The molecule has 218 valence electrons. The summed E-state index contributed by atoms with van der Waals surface area (Å²) < 4.78 is 91.6. The second kappa shape index (κ2) is 12.0. The zero-order valence-corrected chi connectivity index (χ0v) is 22.6. The third-order valence-electron chi connectivity index (χ3n) is 6.16. The van der Waals surface area contributed by atoms with Crippen molar-refractivity contribution in [3.8, 4) is 0 Å². The molecule has 1 aliphatic heterocycles. The summed E-state index contributed by atoms with van der Waals surface area (Å²) in [5.74, 6) is -1.19. The van der Waals surface area contributed by atoms with Crippen molar-refractivity contribution in [1.82, 2.24) is 14.7 Å². The number of amides is 2. The van der Waals surface area contributed by atoms with Crippen molar-refractivity contribution in [2.24, 2.45) is 7.05 Å². The number of rotatable bonds is 6. The number of alkyl halides is 6. The predicted octanol–water partition coefficient (Wildman–Crippen LogP) is 6.04. The maximum atomic E-state index is 14.2. The van der Waals surface area contributed by atoms with Gasteiger partial charge in [-0.15, -0.1) is 0 Å². The number of anilines is 1. The van der Waals surface area contributed by atoms with Crippen LogP contribution in [0.1, 0.15) is 32.9 Å².